The van der Waals surface area contributed by atoms with E-state index in [0.29, 0.717) is 6.42 Å². The van der Waals surface area contributed by atoms with Gasteiger partial charge in [0.25, 0.3) is 0 Å². The zero-order valence-corrected chi connectivity index (χ0v) is 11.6. The number of carboxylic acid groups (broad SMARTS) is 1. The maximum Gasteiger partial charge on any atom is 0.303 e. The first-order valence-corrected chi connectivity index (χ1v) is 6.86. The van der Waals surface area contributed by atoms with Crippen molar-refractivity contribution in [2.45, 2.75) is 52.0 Å². The van der Waals surface area contributed by atoms with Crippen molar-refractivity contribution in [3.63, 3.8) is 0 Å². The first-order valence-electron chi connectivity index (χ1n) is 6.86. The van der Waals surface area contributed by atoms with Crippen LogP contribution in [0.4, 0.5) is 5.82 Å². The first-order chi connectivity index (χ1) is 9.08. The maximum atomic E-state index is 10.8. The third-order valence-electron chi connectivity index (χ3n) is 3.64. The van der Waals surface area contributed by atoms with Gasteiger partial charge >= 0.3 is 5.97 Å². The van der Waals surface area contributed by atoms with E-state index in [9.17, 15) is 4.79 Å². The number of anilines is 1. The third kappa shape index (κ3) is 3.43. The summed E-state index contributed by atoms with van der Waals surface area (Å²) in [6.07, 6.45) is 6.03. The van der Waals surface area contributed by atoms with Gasteiger partial charge in [-0.05, 0) is 39.5 Å². The Kier molecular flexibility index (Phi) is 4.35. The van der Waals surface area contributed by atoms with Crippen molar-refractivity contribution >= 4 is 11.8 Å². The molecule has 1 saturated heterocycles. The van der Waals surface area contributed by atoms with Gasteiger partial charge in [-0.25, -0.2) is 4.98 Å². The lowest BCUT2D eigenvalue weighted by Crippen LogP contribution is -2.41. The molecule has 0 spiro atoms. The molecule has 1 fully saturated rings. The quantitative estimate of drug-likeness (QED) is 0.903. The molecule has 1 N–H and O–H groups in total. The monoisotopic (exact) mass is 263 g/mol. The summed E-state index contributed by atoms with van der Waals surface area (Å²) in [4.78, 5) is 22.0. The SMILES string of the molecule is Cc1cnc(C)c(N2CCCCC2CCC(=O)O)n1. The Morgan fingerprint density at radius 1 is 1.47 bits per heavy atom. The third-order valence-corrected chi connectivity index (χ3v) is 3.64. The van der Waals surface area contributed by atoms with Crippen molar-refractivity contribution in [1.29, 1.82) is 0 Å². The smallest absolute Gasteiger partial charge is 0.303 e. The molecule has 2 heterocycles. The van der Waals surface area contributed by atoms with E-state index < -0.39 is 5.97 Å². The fraction of sp³-hybridized carbons (Fsp3) is 0.643. The number of aliphatic carboxylic acids is 1. The van der Waals surface area contributed by atoms with Gasteiger partial charge in [-0.2, -0.15) is 0 Å². The van der Waals surface area contributed by atoms with Crippen LogP contribution < -0.4 is 4.90 Å². The molecule has 0 amide bonds. The Labute approximate surface area is 113 Å². The van der Waals surface area contributed by atoms with Crippen molar-refractivity contribution in [3.8, 4) is 0 Å². The summed E-state index contributed by atoms with van der Waals surface area (Å²) in [5.41, 5.74) is 1.83. The molecule has 104 valence electrons. The standard InChI is InChI=1S/C14H21N3O2/c1-10-9-15-11(2)14(16-10)17-8-4-3-5-12(17)6-7-13(18)19/h9,12H,3-8H2,1-2H3,(H,18,19). The van der Waals surface area contributed by atoms with E-state index >= 15 is 0 Å². The van der Waals surface area contributed by atoms with Crippen molar-refractivity contribution in [2.24, 2.45) is 0 Å². The minimum absolute atomic E-state index is 0.222. The van der Waals surface area contributed by atoms with Crippen LogP contribution in [0, 0.1) is 13.8 Å². The molecule has 19 heavy (non-hydrogen) atoms. The number of aromatic nitrogens is 2. The van der Waals surface area contributed by atoms with Gasteiger partial charge in [0.2, 0.25) is 0 Å². The number of hydrogen-bond acceptors (Lipinski definition) is 4. The molecular formula is C14H21N3O2. The second-order valence-electron chi connectivity index (χ2n) is 5.20. The number of carbonyl (C=O) groups is 1. The number of carboxylic acids is 1. The molecule has 1 aliphatic rings. The lowest BCUT2D eigenvalue weighted by Gasteiger charge is -2.37. The predicted octanol–water partition coefficient (Wildman–Crippen LogP) is 2.32. The molecule has 0 bridgehead atoms. The predicted molar refractivity (Wildman–Crippen MR) is 73.4 cm³/mol. The summed E-state index contributed by atoms with van der Waals surface area (Å²) >= 11 is 0. The van der Waals surface area contributed by atoms with Gasteiger partial charge in [0.1, 0.15) is 0 Å². The molecule has 0 aliphatic carbocycles. The maximum absolute atomic E-state index is 10.8. The molecule has 1 aliphatic heterocycles. The van der Waals surface area contributed by atoms with Crippen LogP contribution in [0.5, 0.6) is 0 Å². The minimum atomic E-state index is -0.724. The molecule has 2 rings (SSSR count). The first kappa shape index (κ1) is 13.8. The highest BCUT2D eigenvalue weighted by atomic mass is 16.4. The van der Waals surface area contributed by atoms with Crippen LogP contribution in [-0.2, 0) is 4.79 Å². The Bertz CT molecular complexity index is 462. The van der Waals surface area contributed by atoms with Crippen LogP contribution in [0.2, 0.25) is 0 Å². The Balaban J connectivity index is 2.18. The number of rotatable bonds is 4. The summed E-state index contributed by atoms with van der Waals surface area (Å²) in [6.45, 7) is 4.85. The highest BCUT2D eigenvalue weighted by molar-refractivity contribution is 5.66. The second kappa shape index (κ2) is 5.99. The van der Waals surface area contributed by atoms with Gasteiger partial charge in [-0.15, -0.1) is 0 Å². The summed E-state index contributed by atoms with van der Waals surface area (Å²) in [5.74, 6) is 0.202. The molecule has 0 aromatic carbocycles. The van der Waals surface area contributed by atoms with Crippen LogP contribution in [0.25, 0.3) is 0 Å². The number of aryl methyl sites for hydroxylation is 2. The van der Waals surface area contributed by atoms with Crippen molar-refractivity contribution < 1.29 is 9.90 Å². The van der Waals surface area contributed by atoms with Gasteiger partial charge in [0.15, 0.2) is 5.82 Å². The number of hydrogen-bond donors (Lipinski definition) is 1. The zero-order valence-electron chi connectivity index (χ0n) is 11.6. The van der Waals surface area contributed by atoms with Crippen LogP contribution in [0.1, 0.15) is 43.5 Å². The lowest BCUT2D eigenvalue weighted by atomic mass is 9.97. The molecule has 1 aromatic rings. The largest absolute Gasteiger partial charge is 0.481 e. The van der Waals surface area contributed by atoms with E-state index in [1.165, 1.54) is 6.42 Å². The van der Waals surface area contributed by atoms with Gasteiger partial charge in [-0.1, -0.05) is 0 Å². The molecule has 1 unspecified atom stereocenters. The molecule has 1 atom stereocenters. The van der Waals surface area contributed by atoms with E-state index in [-0.39, 0.29) is 12.5 Å². The molecule has 1 aromatic heterocycles. The molecule has 5 nitrogen and oxygen atoms in total. The number of piperidine rings is 1. The lowest BCUT2D eigenvalue weighted by molar-refractivity contribution is -0.137. The topological polar surface area (TPSA) is 66.3 Å². The van der Waals surface area contributed by atoms with E-state index in [0.717, 1.165) is 36.6 Å². The van der Waals surface area contributed by atoms with Crippen LogP contribution in [0.3, 0.4) is 0 Å². The van der Waals surface area contributed by atoms with Gasteiger partial charge < -0.3 is 10.0 Å². The van der Waals surface area contributed by atoms with E-state index in [2.05, 4.69) is 14.9 Å². The summed E-state index contributed by atoms with van der Waals surface area (Å²) in [6, 6.07) is 0.277. The summed E-state index contributed by atoms with van der Waals surface area (Å²) in [5, 5.41) is 8.85. The normalized spacial score (nSPS) is 19.5. The molecular weight excluding hydrogens is 242 g/mol. The Morgan fingerprint density at radius 2 is 2.26 bits per heavy atom. The van der Waals surface area contributed by atoms with E-state index in [4.69, 9.17) is 5.11 Å². The molecule has 5 heteroatoms. The van der Waals surface area contributed by atoms with Gasteiger partial charge in [0.05, 0.1) is 11.4 Å². The molecule has 0 saturated carbocycles. The van der Waals surface area contributed by atoms with Crippen LogP contribution in [0.15, 0.2) is 6.20 Å². The van der Waals surface area contributed by atoms with Gasteiger partial charge in [0, 0.05) is 25.2 Å². The van der Waals surface area contributed by atoms with Gasteiger partial charge in [-0.3, -0.25) is 9.78 Å². The minimum Gasteiger partial charge on any atom is -0.481 e. The second-order valence-corrected chi connectivity index (χ2v) is 5.20. The summed E-state index contributed by atoms with van der Waals surface area (Å²) < 4.78 is 0. The van der Waals surface area contributed by atoms with Crippen LogP contribution in [-0.4, -0.2) is 33.6 Å². The van der Waals surface area contributed by atoms with Crippen molar-refractivity contribution in [3.05, 3.63) is 17.6 Å². The highest BCUT2D eigenvalue weighted by Crippen LogP contribution is 2.27. The van der Waals surface area contributed by atoms with Crippen LogP contribution >= 0.6 is 0 Å². The van der Waals surface area contributed by atoms with Crippen molar-refractivity contribution in [1.82, 2.24) is 9.97 Å². The molecule has 0 radical (unpaired) electrons. The highest BCUT2D eigenvalue weighted by Gasteiger charge is 2.25. The Hall–Kier alpha value is -1.65. The fourth-order valence-corrected chi connectivity index (χ4v) is 2.67. The summed E-state index contributed by atoms with van der Waals surface area (Å²) in [7, 11) is 0. The van der Waals surface area contributed by atoms with Crippen molar-refractivity contribution in [2.75, 3.05) is 11.4 Å². The fourth-order valence-electron chi connectivity index (χ4n) is 2.67. The number of nitrogens with zero attached hydrogens (tertiary/aromatic N) is 3. The van der Waals surface area contributed by atoms with E-state index in [1.54, 1.807) is 6.20 Å². The average Bonchev–Trinajstić information content (AvgIpc) is 2.39. The zero-order chi connectivity index (χ0) is 13.8. The Morgan fingerprint density at radius 3 is 3.00 bits per heavy atom. The van der Waals surface area contributed by atoms with E-state index in [1.807, 2.05) is 13.8 Å². The average molecular weight is 263 g/mol.